The lowest BCUT2D eigenvalue weighted by Gasteiger charge is -2.25. The molecule has 5 heteroatoms. The van der Waals surface area contributed by atoms with Crippen LogP contribution in [0.15, 0.2) is 12.3 Å². The Morgan fingerprint density at radius 2 is 2.11 bits per heavy atom. The third-order valence-corrected chi connectivity index (χ3v) is 3.37. The first-order chi connectivity index (χ1) is 8.61. The van der Waals surface area contributed by atoms with Gasteiger partial charge in [-0.2, -0.15) is 0 Å². The molecule has 18 heavy (non-hydrogen) atoms. The zero-order chi connectivity index (χ0) is 13.1. The quantitative estimate of drug-likeness (QED) is 0.819. The molecule has 0 saturated heterocycles. The summed E-state index contributed by atoms with van der Waals surface area (Å²) in [6, 6.07) is 1.17. The van der Waals surface area contributed by atoms with Crippen molar-refractivity contribution in [3.63, 3.8) is 0 Å². The van der Waals surface area contributed by atoms with Gasteiger partial charge in [0.1, 0.15) is 5.82 Å². The van der Waals surface area contributed by atoms with Crippen LogP contribution >= 0.6 is 0 Å². The molecular weight excluding hydrogens is 237 g/mol. The number of aliphatic hydroxyl groups excluding tert-OH is 1. The first-order valence-electron chi connectivity index (χ1n) is 6.03. The summed E-state index contributed by atoms with van der Waals surface area (Å²) in [6.07, 6.45) is 3.86. The molecule has 1 aliphatic rings. The van der Waals surface area contributed by atoms with E-state index in [1.54, 1.807) is 0 Å². The fourth-order valence-electron chi connectivity index (χ4n) is 2.33. The molecule has 0 spiro atoms. The van der Waals surface area contributed by atoms with Crippen molar-refractivity contribution in [3.05, 3.63) is 29.3 Å². The Hall–Kier alpha value is -1.49. The van der Waals surface area contributed by atoms with Crippen molar-refractivity contribution in [3.8, 4) is 0 Å². The number of methoxy groups -OCH3 is 1. The molecule has 1 aromatic heterocycles. The summed E-state index contributed by atoms with van der Waals surface area (Å²) in [5.41, 5.74) is 0.504. The minimum atomic E-state index is -0.591. The molecule has 0 aromatic carbocycles. The number of halogens is 1. The molecule has 0 radical (unpaired) electrons. The van der Waals surface area contributed by atoms with Gasteiger partial charge in [0.2, 0.25) is 0 Å². The number of carbonyl (C=O) groups is 1. The van der Waals surface area contributed by atoms with Crippen molar-refractivity contribution in [1.82, 2.24) is 4.98 Å². The van der Waals surface area contributed by atoms with Crippen LogP contribution in [0, 0.1) is 5.82 Å². The van der Waals surface area contributed by atoms with Gasteiger partial charge >= 0.3 is 5.97 Å². The van der Waals surface area contributed by atoms with Crippen LogP contribution in [0.2, 0.25) is 0 Å². The van der Waals surface area contributed by atoms with E-state index in [1.165, 1.54) is 19.4 Å². The summed E-state index contributed by atoms with van der Waals surface area (Å²) in [5, 5.41) is 9.42. The van der Waals surface area contributed by atoms with Crippen LogP contribution in [0.5, 0.6) is 0 Å². The molecule has 0 amide bonds. The minimum absolute atomic E-state index is 0.0279. The molecular formula is C13H16FNO3. The molecule has 0 atom stereocenters. The van der Waals surface area contributed by atoms with E-state index >= 15 is 0 Å². The van der Waals surface area contributed by atoms with Gasteiger partial charge in [0.05, 0.1) is 24.5 Å². The number of carbonyl (C=O) groups excluding carboxylic acids is 1. The predicted molar refractivity (Wildman–Crippen MR) is 62.8 cm³/mol. The fraction of sp³-hybridized carbons (Fsp3) is 0.538. The zero-order valence-electron chi connectivity index (χ0n) is 10.2. The van der Waals surface area contributed by atoms with Crippen LogP contribution in [-0.2, 0) is 4.74 Å². The lowest BCUT2D eigenvalue weighted by molar-refractivity contribution is 0.0599. The highest BCUT2D eigenvalue weighted by Crippen LogP contribution is 2.33. The number of rotatable bonds is 2. The van der Waals surface area contributed by atoms with Crippen molar-refractivity contribution in [2.75, 3.05) is 7.11 Å². The van der Waals surface area contributed by atoms with E-state index in [2.05, 4.69) is 9.72 Å². The molecule has 1 fully saturated rings. The summed E-state index contributed by atoms with van der Waals surface area (Å²) in [5.74, 6) is -1.04. The van der Waals surface area contributed by atoms with Gasteiger partial charge in [-0.15, -0.1) is 0 Å². The van der Waals surface area contributed by atoms with Gasteiger partial charge in [-0.1, -0.05) is 0 Å². The highest BCUT2D eigenvalue weighted by atomic mass is 19.1. The molecule has 1 aromatic rings. The van der Waals surface area contributed by atoms with Crippen molar-refractivity contribution in [2.24, 2.45) is 0 Å². The lowest BCUT2D eigenvalue weighted by Crippen LogP contribution is -2.19. The number of esters is 1. The Morgan fingerprint density at radius 1 is 1.44 bits per heavy atom. The van der Waals surface area contributed by atoms with Crippen LogP contribution in [0.25, 0.3) is 0 Å². The van der Waals surface area contributed by atoms with Crippen molar-refractivity contribution < 1.29 is 19.0 Å². The molecule has 2 rings (SSSR count). The molecule has 0 unspecified atom stereocenters. The van der Waals surface area contributed by atoms with E-state index in [4.69, 9.17) is 0 Å². The van der Waals surface area contributed by atoms with Crippen LogP contribution in [0.4, 0.5) is 4.39 Å². The van der Waals surface area contributed by atoms with Crippen LogP contribution in [0.1, 0.15) is 47.7 Å². The van der Waals surface area contributed by atoms with Crippen molar-refractivity contribution in [2.45, 2.75) is 37.7 Å². The number of pyridine rings is 1. The maximum Gasteiger partial charge on any atom is 0.339 e. The first-order valence-corrected chi connectivity index (χ1v) is 6.03. The predicted octanol–water partition coefficient (Wildman–Crippen LogP) is 2.03. The van der Waals surface area contributed by atoms with Gasteiger partial charge in [-0.25, -0.2) is 9.18 Å². The molecule has 0 aliphatic heterocycles. The monoisotopic (exact) mass is 253 g/mol. The third kappa shape index (κ3) is 2.67. The standard InChI is InChI=1S/C13H16FNO3/c1-18-13(17)9-6-11(14)12(15-7-9)8-2-4-10(16)5-3-8/h6-8,10,16H,2-5H2,1H3. The van der Waals surface area contributed by atoms with Gasteiger partial charge in [-0.3, -0.25) is 4.98 Å². The lowest BCUT2D eigenvalue weighted by atomic mass is 9.85. The summed E-state index contributed by atoms with van der Waals surface area (Å²) in [7, 11) is 1.25. The van der Waals surface area contributed by atoms with E-state index in [0.717, 1.165) is 12.8 Å². The number of nitrogens with zero attached hydrogens (tertiary/aromatic N) is 1. The van der Waals surface area contributed by atoms with Crippen molar-refractivity contribution in [1.29, 1.82) is 0 Å². The number of hydrogen-bond acceptors (Lipinski definition) is 4. The Bertz CT molecular complexity index is 442. The van der Waals surface area contributed by atoms with Gasteiger partial charge in [0.25, 0.3) is 0 Å². The second-order valence-electron chi connectivity index (χ2n) is 4.59. The smallest absolute Gasteiger partial charge is 0.339 e. The summed E-state index contributed by atoms with van der Waals surface area (Å²) >= 11 is 0. The SMILES string of the molecule is COC(=O)c1cnc(C2CCC(O)CC2)c(F)c1. The highest BCUT2D eigenvalue weighted by Gasteiger charge is 2.24. The molecule has 1 heterocycles. The molecule has 4 nitrogen and oxygen atoms in total. The van der Waals surface area contributed by atoms with E-state index in [-0.39, 0.29) is 17.6 Å². The van der Waals surface area contributed by atoms with Gasteiger partial charge in [0.15, 0.2) is 0 Å². The Morgan fingerprint density at radius 3 is 2.67 bits per heavy atom. The van der Waals surface area contributed by atoms with E-state index in [1.807, 2.05) is 0 Å². The Kier molecular flexibility index (Phi) is 3.91. The minimum Gasteiger partial charge on any atom is -0.465 e. The topological polar surface area (TPSA) is 59.4 Å². The molecule has 1 aliphatic carbocycles. The maximum atomic E-state index is 13.9. The third-order valence-electron chi connectivity index (χ3n) is 3.37. The Labute approximate surface area is 105 Å². The second-order valence-corrected chi connectivity index (χ2v) is 4.59. The van der Waals surface area contributed by atoms with E-state index < -0.39 is 11.8 Å². The Balaban J connectivity index is 2.17. The van der Waals surface area contributed by atoms with Gasteiger partial charge < -0.3 is 9.84 Å². The molecule has 98 valence electrons. The summed E-state index contributed by atoms with van der Waals surface area (Å²) < 4.78 is 18.4. The summed E-state index contributed by atoms with van der Waals surface area (Å²) in [6.45, 7) is 0. The summed E-state index contributed by atoms with van der Waals surface area (Å²) in [4.78, 5) is 15.3. The van der Waals surface area contributed by atoms with E-state index in [9.17, 15) is 14.3 Å². The highest BCUT2D eigenvalue weighted by molar-refractivity contribution is 5.88. The van der Waals surface area contributed by atoms with E-state index in [0.29, 0.717) is 18.5 Å². The van der Waals surface area contributed by atoms with Gasteiger partial charge in [0, 0.05) is 12.1 Å². The number of aliphatic hydroxyl groups is 1. The average molecular weight is 253 g/mol. The average Bonchev–Trinajstić information content (AvgIpc) is 2.39. The fourth-order valence-corrected chi connectivity index (χ4v) is 2.33. The zero-order valence-corrected chi connectivity index (χ0v) is 10.2. The number of ether oxygens (including phenoxy) is 1. The number of aromatic nitrogens is 1. The van der Waals surface area contributed by atoms with Crippen LogP contribution in [-0.4, -0.2) is 29.3 Å². The largest absolute Gasteiger partial charge is 0.465 e. The number of hydrogen-bond donors (Lipinski definition) is 1. The van der Waals surface area contributed by atoms with Crippen LogP contribution < -0.4 is 0 Å². The maximum absolute atomic E-state index is 13.9. The van der Waals surface area contributed by atoms with Crippen molar-refractivity contribution >= 4 is 5.97 Å². The normalized spacial score (nSPS) is 23.7. The van der Waals surface area contributed by atoms with Crippen LogP contribution in [0.3, 0.4) is 0 Å². The molecule has 1 N–H and O–H groups in total. The van der Waals surface area contributed by atoms with Gasteiger partial charge in [-0.05, 0) is 31.7 Å². The molecule has 0 bridgehead atoms. The first kappa shape index (κ1) is 13.0. The second kappa shape index (κ2) is 5.44. The molecule has 1 saturated carbocycles.